The third-order valence-corrected chi connectivity index (χ3v) is 4.14. The maximum absolute atomic E-state index is 4.29. The van der Waals surface area contributed by atoms with Crippen LogP contribution < -0.4 is 5.32 Å². The number of hydrogen-bond acceptors (Lipinski definition) is 3. The van der Waals surface area contributed by atoms with Gasteiger partial charge in [0.05, 0.1) is 12.2 Å². The molecule has 0 spiro atoms. The summed E-state index contributed by atoms with van der Waals surface area (Å²) in [5, 5.41) is 7.76. The zero-order chi connectivity index (χ0) is 14.5. The van der Waals surface area contributed by atoms with Gasteiger partial charge in [0.2, 0.25) is 0 Å². The fraction of sp³-hybridized carbons (Fsp3) is 0.471. The maximum atomic E-state index is 4.29. The minimum absolute atomic E-state index is 0.819. The van der Waals surface area contributed by atoms with Gasteiger partial charge in [0, 0.05) is 25.0 Å². The molecule has 1 aromatic carbocycles. The normalized spacial score (nSPS) is 15.5. The van der Waals surface area contributed by atoms with Gasteiger partial charge in [-0.3, -0.25) is 9.58 Å². The van der Waals surface area contributed by atoms with Gasteiger partial charge in [-0.05, 0) is 56.6 Å². The Labute approximate surface area is 126 Å². The monoisotopic (exact) mass is 284 g/mol. The summed E-state index contributed by atoms with van der Waals surface area (Å²) in [6, 6.07) is 10.9. The van der Waals surface area contributed by atoms with Crippen molar-refractivity contribution in [3.05, 3.63) is 47.8 Å². The van der Waals surface area contributed by atoms with Crippen LogP contribution in [0.3, 0.4) is 0 Å². The Bertz CT molecular complexity index is 552. The van der Waals surface area contributed by atoms with Gasteiger partial charge in [-0.15, -0.1) is 0 Å². The lowest BCUT2D eigenvalue weighted by Crippen LogP contribution is -2.18. The number of hydrogen-bond donors (Lipinski definition) is 1. The van der Waals surface area contributed by atoms with Crippen molar-refractivity contribution in [2.45, 2.75) is 39.4 Å². The predicted octanol–water partition coefficient (Wildman–Crippen LogP) is 3.11. The molecule has 2 heterocycles. The van der Waals surface area contributed by atoms with Gasteiger partial charge in [-0.1, -0.05) is 12.1 Å². The number of aromatic nitrogens is 2. The highest BCUT2D eigenvalue weighted by molar-refractivity contribution is 5.44. The second-order valence-corrected chi connectivity index (χ2v) is 5.67. The molecule has 4 nitrogen and oxygen atoms in total. The van der Waals surface area contributed by atoms with Gasteiger partial charge in [-0.2, -0.15) is 5.10 Å². The number of aryl methyl sites for hydroxylation is 1. The Balaban J connectivity index is 1.54. The van der Waals surface area contributed by atoms with Gasteiger partial charge in [0.15, 0.2) is 0 Å². The minimum atomic E-state index is 0.819. The van der Waals surface area contributed by atoms with Crippen LogP contribution in [-0.2, 0) is 19.6 Å². The Hall–Kier alpha value is -1.81. The highest BCUT2D eigenvalue weighted by Crippen LogP contribution is 2.15. The zero-order valence-corrected chi connectivity index (χ0v) is 12.8. The Morgan fingerprint density at radius 3 is 2.57 bits per heavy atom. The topological polar surface area (TPSA) is 33.1 Å². The van der Waals surface area contributed by atoms with Crippen molar-refractivity contribution in [1.29, 1.82) is 0 Å². The fourth-order valence-electron chi connectivity index (χ4n) is 2.91. The van der Waals surface area contributed by atoms with Crippen molar-refractivity contribution >= 4 is 5.69 Å². The lowest BCUT2D eigenvalue weighted by atomic mass is 10.2. The second-order valence-electron chi connectivity index (χ2n) is 5.67. The molecule has 112 valence electrons. The molecule has 4 heteroatoms. The van der Waals surface area contributed by atoms with E-state index in [9.17, 15) is 0 Å². The van der Waals surface area contributed by atoms with Crippen LogP contribution >= 0.6 is 0 Å². The first kappa shape index (κ1) is 14.1. The van der Waals surface area contributed by atoms with Gasteiger partial charge in [0.1, 0.15) is 0 Å². The van der Waals surface area contributed by atoms with Crippen molar-refractivity contribution < 1.29 is 0 Å². The van der Waals surface area contributed by atoms with Crippen LogP contribution in [0.2, 0.25) is 0 Å². The van der Waals surface area contributed by atoms with Crippen LogP contribution in [0.5, 0.6) is 0 Å². The third kappa shape index (κ3) is 3.64. The molecule has 1 aliphatic heterocycles. The molecule has 1 saturated heterocycles. The smallest absolute Gasteiger partial charge is 0.0575 e. The molecule has 0 atom stereocenters. The van der Waals surface area contributed by atoms with Crippen LogP contribution in [-0.4, -0.2) is 27.8 Å². The summed E-state index contributed by atoms with van der Waals surface area (Å²) in [5.74, 6) is 0. The number of anilines is 1. The van der Waals surface area contributed by atoms with E-state index in [1.807, 2.05) is 10.9 Å². The summed E-state index contributed by atoms with van der Waals surface area (Å²) in [7, 11) is 0. The molecule has 0 amide bonds. The van der Waals surface area contributed by atoms with E-state index >= 15 is 0 Å². The van der Waals surface area contributed by atoms with Gasteiger partial charge in [-0.25, -0.2) is 0 Å². The van der Waals surface area contributed by atoms with Crippen molar-refractivity contribution in [3.8, 4) is 0 Å². The highest BCUT2D eigenvalue weighted by atomic mass is 15.3. The van der Waals surface area contributed by atoms with Crippen LogP contribution in [0.4, 0.5) is 5.69 Å². The zero-order valence-electron chi connectivity index (χ0n) is 12.8. The van der Waals surface area contributed by atoms with Crippen molar-refractivity contribution in [2.75, 3.05) is 18.4 Å². The second kappa shape index (κ2) is 6.76. The number of benzene rings is 1. The molecular formula is C17H24N4. The summed E-state index contributed by atoms with van der Waals surface area (Å²) in [5.41, 5.74) is 3.80. The molecule has 2 aromatic rings. The lowest BCUT2D eigenvalue weighted by Gasteiger charge is -2.15. The molecule has 1 N–H and O–H groups in total. The lowest BCUT2D eigenvalue weighted by molar-refractivity contribution is 0.331. The summed E-state index contributed by atoms with van der Waals surface area (Å²) in [6.07, 6.45) is 4.56. The van der Waals surface area contributed by atoms with Gasteiger partial charge in [0.25, 0.3) is 0 Å². The van der Waals surface area contributed by atoms with Crippen LogP contribution in [0.15, 0.2) is 36.5 Å². The number of nitrogens with zero attached hydrogens (tertiary/aromatic N) is 3. The van der Waals surface area contributed by atoms with Crippen molar-refractivity contribution in [3.63, 3.8) is 0 Å². The molecule has 0 saturated carbocycles. The summed E-state index contributed by atoms with van der Waals surface area (Å²) < 4.78 is 2.02. The Kier molecular flexibility index (Phi) is 4.55. The summed E-state index contributed by atoms with van der Waals surface area (Å²) >= 11 is 0. The SMILES string of the molecule is CCn1nccc1CNc1ccc(CN2CCCC2)cc1. The average molecular weight is 284 g/mol. The van der Waals surface area contributed by atoms with E-state index in [-0.39, 0.29) is 0 Å². The molecule has 0 bridgehead atoms. The molecule has 1 fully saturated rings. The summed E-state index contributed by atoms with van der Waals surface area (Å²) in [4.78, 5) is 2.53. The van der Waals surface area contributed by atoms with Crippen LogP contribution in [0.25, 0.3) is 0 Å². The minimum Gasteiger partial charge on any atom is -0.379 e. The first-order valence-electron chi connectivity index (χ1n) is 7.91. The van der Waals surface area contributed by atoms with Crippen molar-refractivity contribution in [1.82, 2.24) is 14.7 Å². The largest absolute Gasteiger partial charge is 0.379 e. The van der Waals surface area contributed by atoms with Crippen molar-refractivity contribution in [2.24, 2.45) is 0 Å². The Morgan fingerprint density at radius 2 is 1.86 bits per heavy atom. The fourth-order valence-corrected chi connectivity index (χ4v) is 2.91. The predicted molar refractivity (Wildman–Crippen MR) is 86.2 cm³/mol. The third-order valence-electron chi connectivity index (χ3n) is 4.14. The van der Waals surface area contributed by atoms with E-state index in [0.717, 1.165) is 19.6 Å². The summed E-state index contributed by atoms with van der Waals surface area (Å²) in [6.45, 7) is 7.44. The number of nitrogens with one attached hydrogen (secondary N) is 1. The molecule has 0 aliphatic carbocycles. The van der Waals surface area contributed by atoms with E-state index in [1.165, 1.54) is 42.9 Å². The highest BCUT2D eigenvalue weighted by Gasteiger charge is 2.11. The molecule has 1 aromatic heterocycles. The molecular weight excluding hydrogens is 260 g/mol. The Morgan fingerprint density at radius 1 is 1.10 bits per heavy atom. The first-order chi connectivity index (χ1) is 10.3. The van der Waals surface area contributed by atoms with E-state index in [1.54, 1.807) is 0 Å². The van der Waals surface area contributed by atoms with Crippen LogP contribution in [0, 0.1) is 0 Å². The van der Waals surface area contributed by atoms with E-state index in [2.05, 4.69) is 52.6 Å². The van der Waals surface area contributed by atoms with Gasteiger partial charge >= 0.3 is 0 Å². The average Bonchev–Trinajstić information content (AvgIpc) is 3.17. The quantitative estimate of drug-likeness (QED) is 0.885. The molecule has 3 rings (SSSR count). The first-order valence-corrected chi connectivity index (χ1v) is 7.91. The van der Waals surface area contributed by atoms with Crippen LogP contribution in [0.1, 0.15) is 31.0 Å². The van der Waals surface area contributed by atoms with Gasteiger partial charge < -0.3 is 5.32 Å². The molecule has 0 radical (unpaired) electrons. The molecule has 1 aliphatic rings. The van der Waals surface area contributed by atoms with E-state index in [4.69, 9.17) is 0 Å². The molecule has 0 unspecified atom stereocenters. The van der Waals surface area contributed by atoms with E-state index in [0.29, 0.717) is 0 Å². The maximum Gasteiger partial charge on any atom is 0.0575 e. The van der Waals surface area contributed by atoms with E-state index < -0.39 is 0 Å². The molecule has 21 heavy (non-hydrogen) atoms. The number of rotatable bonds is 6. The standard InChI is InChI=1S/C17H24N4/c1-2-21-17(9-10-19-21)13-18-16-7-5-15(6-8-16)14-20-11-3-4-12-20/h5-10,18H,2-4,11-14H2,1H3. The number of likely N-dealkylation sites (tertiary alicyclic amines) is 1.